The molecule has 2 aromatic rings. The number of thiophene rings is 1. The second-order valence-corrected chi connectivity index (χ2v) is 8.50. The number of rotatable bonds is 7. The summed E-state index contributed by atoms with van der Waals surface area (Å²) >= 11 is 1.49. The predicted octanol–water partition coefficient (Wildman–Crippen LogP) is 3.55. The van der Waals surface area contributed by atoms with Gasteiger partial charge in [-0.3, -0.25) is 9.59 Å². The van der Waals surface area contributed by atoms with Crippen LogP contribution in [0.4, 0.5) is 0 Å². The second-order valence-electron chi connectivity index (χ2n) is 7.56. The Kier molecular flexibility index (Phi) is 6.02. The van der Waals surface area contributed by atoms with Gasteiger partial charge in [-0.25, -0.2) is 0 Å². The number of amides is 1. The zero-order valence-electron chi connectivity index (χ0n) is 17.9. The molecule has 0 radical (unpaired) electrons. The third-order valence-electron chi connectivity index (χ3n) is 5.89. The number of Topliss-reactive ketones (excluding diaryl/α,β-unsaturated/α-hetero) is 1. The molecular formula is C23H26N2O5S. The number of carbonyl (C=O) groups excluding carboxylic acids is 2. The van der Waals surface area contributed by atoms with Crippen molar-refractivity contribution < 1.29 is 24.2 Å². The lowest BCUT2D eigenvalue weighted by molar-refractivity contribution is -0.140. The zero-order chi connectivity index (χ0) is 22.1. The first-order valence-corrected chi connectivity index (χ1v) is 11.3. The van der Waals surface area contributed by atoms with Gasteiger partial charge >= 0.3 is 0 Å². The highest BCUT2D eigenvalue weighted by Gasteiger charge is 2.47. The van der Waals surface area contributed by atoms with Crippen molar-refractivity contribution in [1.82, 2.24) is 9.80 Å². The van der Waals surface area contributed by atoms with E-state index < -0.39 is 17.7 Å². The van der Waals surface area contributed by atoms with E-state index in [1.165, 1.54) is 11.3 Å². The standard InChI is InChI=1S/C23H26N2O5S/c1-4-24(5-2)9-10-25-19(22-14(3)8-11-31-22)18(21(27)23(25)28)20(26)15-6-7-16-17(12-15)30-13-29-16/h6-8,11-12,19,26H,4-5,9-10,13H2,1-3H3/b20-18-. The summed E-state index contributed by atoms with van der Waals surface area (Å²) in [5.41, 5.74) is 1.53. The van der Waals surface area contributed by atoms with Crippen molar-refractivity contribution >= 4 is 28.8 Å². The Morgan fingerprint density at radius 3 is 2.61 bits per heavy atom. The molecule has 8 heteroatoms. The summed E-state index contributed by atoms with van der Waals surface area (Å²) in [6.45, 7) is 8.99. The number of likely N-dealkylation sites (N-methyl/N-ethyl adjacent to an activating group) is 1. The van der Waals surface area contributed by atoms with E-state index in [4.69, 9.17) is 9.47 Å². The van der Waals surface area contributed by atoms with Gasteiger partial charge in [0.1, 0.15) is 5.76 Å². The van der Waals surface area contributed by atoms with Crippen LogP contribution in [0.5, 0.6) is 11.5 Å². The first-order valence-electron chi connectivity index (χ1n) is 10.4. The number of carbonyl (C=O) groups is 2. The van der Waals surface area contributed by atoms with E-state index in [2.05, 4.69) is 18.7 Å². The number of aliphatic hydroxyl groups is 1. The minimum atomic E-state index is -0.660. The summed E-state index contributed by atoms with van der Waals surface area (Å²) < 4.78 is 10.7. The Hall–Kier alpha value is -2.84. The smallest absolute Gasteiger partial charge is 0.295 e. The third kappa shape index (κ3) is 3.81. The van der Waals surface area contributed by atoms with Gasteiger partial charge in [0.2, 0.25) is 6.79 Å². The number of ketones is 1. The number of hydrogen-bond acceptors (Lipinski definition) is 7. The Morgan fingerprint density at radius 2 is 1.94 bits per heavy atom. The first-order chi connectivity index (χ1) is 15.0. The molecule has 1 aromatic heterocycles. The number of aryl methyl sites for hydroxylation is 1. The monoisotopic (exact) mass is 442 g/mol. The van der Waals surface area contributed by atoms with Gasteiger partial charge in [-0.2, -0.15) is 0 Å². The number of hydrogen-bond donors (Lipinski definition) is 1. The number of nitrogens with zero attached hydrogens (tertiary/aromatic N) is 2. The van der Waals surface area contributed by atoms with Crippen molar-refractivity contribution in [2.75, 3.05) is 33.0 Å². The SMILES string of the molecule is CCN(CC)CCN1C(=O)C(=O)/C(=C(\O)c2ccc3c(c2)OCO3)C1c1sccc1C. The quantitative estimate of drug-likeness (QED) is 0.401. The lowest BCUT2D eigenvalue weighted by Gasteiger charge is -2.27. The maximum atomic E-state index is 13.1. The fourth-order valence-electron chi connectivity index (χ4n) is 4.04. The van der Waals surface area contributed by atoms with Gasteiger partial charge in [0.15, 0.2) is 11.5 Å². The van der Waals surface area contributed by atoms with Gasteiger partial charge in [0, 0.05) is 23.5 Å². The maximum Gasteiger partial charge on any atom is 0.295 e. The van der Waals surface area contributed by atoms with Crippen molar-refractivity contribution in [3.05, 3.63) is 51.2 Å². The molecule has 0 aliphatic carbocycles. The van der Waals surface area contributed by atoms with Crippen LogP contribution in [0.2, 0.25) is 0 Å². The lowest BCUT2D eigenvalue weighted by atomic mass is 9.98. The van der Waals surface area contributed by atoms with Crippen LogP contribution in [-0.4, -0.2) is 59.6 Å². The van der Waals surface area contributed by atoms with Gasteiger partial charge in [0.25, 0.3) is 11.7 Å². The van der Waals surface area contributed by atoms with E-state index in [9.17, 15) is 14.7 Å². The molecule has 0 saturated carbocycles. The van der Waals surface area contributed by atoms with E-state index in [1.54, 1.807) is 23.1 Å². The summed E-state index contributed by atoms with van der Waals surface area (Å²) in [5, 5.41) is 13.1. The van der Waals surface area contributed by atoms with Crippen LogP contribution in [0.3, 0.4) is 0 Å². The molecule has 0 spiro atoms. The fraction of sp³-hybridized carbons (Fsp3) is 0.391. The molecule has 3 heterocycles. The van der Waals surface area contributed by atoms with Crippen LogP contribution in [0.25, 0.3) is 5.76 Å². The number of aliphatic hydroxyl groups excluding tert-OH is 1. The van der Waals surface area contributed by atoms with Gasteiger partial charge in [-0.1, -0.05) is 13.8 Å². The molecular weight excluding hydrogens is 416 g/mol. The van der Waals surface area contributed by atoms with Crippen molar-refractivity contribution in [2.45, 2.75) is 26.8 Å². The van der Waals surface area contributed by atoms with Crippen molar-refractivity contribution in [2.24, 2.45) is 0 Å². The topological polar surface area (TPSA) is 79.3 Å². The Balaban J connectivity index is 1.78. The van der Waals surface area contributed by atoms with Crippen molar-refractivity contribution in [1.29, 1.82) is 0 Å². The van der Waals surface area contributed by atoms with Crippen LogP contribution in [0.1, 0.15) is 35.9 Å². The first kappa shape index (κ1) is 21.4. The molecule has 1 aromatic carbocycles. The van der Waals surface area contributed by atoms with Gasteiger partial charge in [-0.05, 0) is 55.2 Å². The summed E-state index contributed by atoms with van der Waals surface area (Å²) in [5.74, 6) is -0.343. The number of fused-ring (bicyclic) bond motifs is 1. The highest BCUT2D eigenvalue weighted by atomic mass is 32.1. The molecule has 1 amide bonds. The molecule has 2 aliphatic rings. The van der Waals surface area contributed by atoms with Crippen molar-refractivity contribution in [3.8, 4) is 11.5 Å². The Bertz CT molecular complexity index is 1040. The van der Waals surface area contributed by atoms with E-state index in [0.29, 0.717) is 30.2 Å². The molecule has 0 bridgehead atoms. The van der Waals surface area contributed by atoms with Gasteiger partial charge in [0.05, 0.1) is 11.6 Å². The summed E-state index contributed by atoms with van der Waals surface area (Å²) in [6, 6.07) is 6.36. The van der Waals surface area contributed by atoms with Crippen LogP contribution >= 0.6 is 11.3 Å². The van der Waals surface area contributed by atoms with Gasteiger partial charge in [-0.15, -0.1) is 11.3 Å². The summed E-state index contributed by atoms with van der Waals surface area (Å²) in [7, 11) is 0. The molecule has 4 rings (SSSR count). The highest BCUT2D eigenvalue weighted by Crippen LogP contribution is 2.43. The Labute approximate surface area is 185 Å². The number of ether oxygens (including phenoxy) is 2. The molecule has 1 saturated heterocycles. The van der Waals surface area contributed by atoms with E-state index in [1.807, 2.05) is 18.4 Å². The molecule has 2 aliphatic heterocycles. The van der Waals surface area contributed by atoms with Crippen LogP contribution in [0.15, 0.2) is 35.2 Å². The Morgan fingerprint density at radius 1 is 1.19 bits per heavy atom. The molecule has 164 valence electrons. The van der Waals surface area contributed by atoms with Crippen LogP contribution in [-0.2, 0) is 9.59 Å². The number of likely N-dealkylation sites (tertiary alicyclic amines) is 1. The zero-order valence-corrected chi connectivity index (χ0v) is 18.7. The van der Waals surface area contributed by atoms with E-state index >= 15 is 0 Å². The molecule has 7 nitrogen and oxygen atoms in total. The summed E-state index contributed by atoms with van der Waals surface area (Å²) in [4.78, 5) is 30.8. The predicted molar refractivity (Wildman–Crippen MR) is 118 cm³/mol. The average molecular weight is 443 g/mol. The van der Waals surface area contributed by atoms with Crippen LogP contribution < -0.4 is 9.47 Å². The lowest BCUT2D eigenvalue weighted by Crippen LogP contribution is -2.37. The average Bonchev–Trinajstić information content (AvgIpc) is 3.47. The fourth-order valence-corrected chi connectivity index (χ4v) is 5.08. The largest absolute Gasteiger partial charge is 0.507 e. The number of benzene rings is 1. The van der Waals surface area contributed by atoms with Crippen molar-refractivity contribution in [3.63, 3.8) is 0 Å². The van der Waals surface area contributed by atoms with Gasteiger partial charge < -0.3 is 24.4 Å². The van der Waals surface area contributed by atoms with E-state index in [0.717, 1.165) is 23.5 Å². The molecule has 1 fully saturated rings. The van der Waals surface area contributed by atoms with Crippen LogP contribution in [0, 0.1) is 6.92 Å². The van der Waals surface area contributed by atoms with E-state index in [-0.39, 0.29) is 18.1 Å². The maximum absolute atomic E-state index is 13.1. The molecule has 1 atom stereocenters. The molecule has 1 unspecified atom stereocenters. The summed E-state index contributed by atoms with van der Waals surface area (Å²) in [6.07, 6.45) is 0. The second kappa shape index (κ2) is 8.72. The minimum absolute atomic E-state index is 0.115. The molecule has 31 heavy (non-hydrogen) atoms. The third-order valence-corrected chi connectivity index (χ3v) is 6.96. The molecule has 1 N–H and O–H groups in total. The highest BCUT2D eigenvalue weighted by molar-refractivity contribution is 7.10. The minimum Gasteiger partial charge on any atom is -0.507 e. The normalized spacial score (nSPS) is 19.6.